The van der Waals surface area contributed by atoms with Crippen LogP contribution >= 0.6 is 0 Å². The second-order valence-corrected chi connectivity index (χ2v) is 6.90. The van der Waals surface area contributed by atoms with Gasteiger partial charge in [-0.15, -0.1) is 0 Å². The summed E-state index contributed by atoms with van der Waals surface area (Å²) in [5, 5.41) is 0. The number of aromatic nitrogens is 2. The number of pyridine rings is 1. The molecule has 0 bridgehead atoms. The molecule has 3 heteroatoms. The molecule has 26 heavy (non-hydrogen) atoms. The summed E-state index contributed by atoms with van der Waals surface area (Å²) in [5.74, 6) is 0. The van der Waals surface area contributed by atoms with Gasteiger partial charge in [-0.3, -0.25) is 0 Å². The van der Waals surface area contributed by atoms with Gasteiger partial charge in [0, 0.05) is 36.6 Å². The monoisotopic (exact) mass is 339 g/mol. The zero-order chi connectivity index (χ0) is 17.3. The third-order valence-electron chi connectivity index (χ3n) is 5.16. The molecule has 0 spiro atoms. The van der Waals surface area contributed by atoms with Crippen LogP contribution in [0.5, 0.6) is 0 Å². The van der Waals surface area contributed by atoms with Crippen LogP contribution in [-0.4, -0.2) is 22.5 Å². The van der Waals surface area contributed by atoms with E-state index >= 15 is 0 Å². The number of imidazole rings is 1. The minimum absolute atomic E-state index is 1.01. The van der Waals surface area contributed by atoms with E-state index in [1.807, 2.05) is 6.07 Å². The Labute approximate surface area is 153 Å². The van der Waals surface area contributed by atoms with Gasteiger partial charge in [-0.1, -0.05) is 60.7 Å². The predicted molar refractivity (Wildman–Crippen MR) is 108 cm³/mol. The molecule has 0 atom stereocenters. The van der Waals surface area contributed by atoms with Crippen LogP contribution in [0.25, 0.3) is 28.0 Å². The molecule has 0 saturated carbocycles. The first-order chi connectivity index (χ1) is 12.9. The van der Waals surface area contributed by atoms with E-state index in [1.54, 1.807) is 0 Å². The Morgan fingerprint density at radius 2 is 1.38 bits per heavy atom. The van der Waals surface area contributed by atoms with E-state index in [2.05, 4.69) is 82.4 Å². The van der Waals surface area contributed by atoms with Crippen LogP contribution in [-0.2, 0) is 0 Å². The van der Waals surface area contributed by atoms with Crippen molar-refractivity contribution in [1.29, 1.82) is 0 Å². The molecule has 2 aromatic carbocycles. The summed E-state index contributed by atoms with van der Waals surface area (Å²) in [6, 6.07) is 23.3. The zero-order valence-corrected chi connectivity index (χ0v) is 14.7. The quantitative estimate of drug-likeness (QED) is 0.507. The molecule has 0 N–H and O–H groups in total. The molecule has 3 nitrogen and oxygen atoms in total. The van der Waals surface area contributed by atoms with Gasteiger partial charge in [0.1, 0.15) is 5.65 Å². The number of benzene rings is 2. The van der Waals surface area contributed by atoms with E-state index in [9.17, 15) is 0 Å². The third-order valence-corrected chi connectivity index (χ3v) is 5.16. The van der Waals surface area contributed by atoms with Gasteiger partial charge in [-0.2, -0.15) is 0 Å². The number of anilines is 1. The van der Waals surface area contributed by atoms with Crippen molar-refractivity contribution in [3.05, 3.63) is 79.1 Å². The maximum atomic E-state index is 4.97. The molecule has 5 rings (SSSR count). The van der Waals surface area contributed by atoms with Gasteiger partial charge in [-0.05, 0) is 24.5 Å². The fourth-order valence-corrected chi connectivity index (χ4v) is 3.81. The fraction of sp³-hybridized carbons (Fsp3) is 0.174. The number of hydrogen-bond donors (Lipinski definition) is 0. The second kappa shape index (κ2) is 6.34. The first-order valence-electron chi connectivity index (χ1n) is 9.27. The molecule has 1 aliphatic heterocycles. The number of nitrogens with zero attached hydrogens (tertiary/aromatic N) is 3. The Morgan fingerprint density at radius 3 is 2.08 bits per heavy atom. The van der Waals surface area contributed by atoms with Crippen molar-refractivity contribution >= 4 is 11.3 Å². The van der Waals surface area contributed by atoms with Crippen molar-refractivity contribution in [2.24, 2.45) is 0 Å². The molecule has 0 amide bonds. The number of fused-ring (bicyclic) bond motifs is 1. The van der Waals surface area contributed by atoms with Crippen LogP contribution in [0.3, 0.4) is 0 Å². The minimum atomic E-state index is 1.01. The first-order valence-corrected chi connectivity index (χ1v) is 9.27. The lowest BCUT2D eigenvalue weighted by Crippen LogP contribution is -2.18. The van der Waals surface area contributed by atoms with Gasteiger partial charge in [0.25, 0.3) is 0 Å². The fourth-order valence-electron chi connectivity index (χ4n) is 3.81. The molecular formula is C23H21N3. The summed E-state index contributed by atoms with van der Waals surface area (Å²) < 4.78 is 2.19. The van der Waals surface area contributed by atoms with Crippen molar-refractivity contribution in [3.8, 4) is 22.4 Å². The Hall–Kier alpha value is -3.07. The van der Waals surface area contributed by atoms with Crippen LogP contribution in [0.1, 0.15) is 12.8 Å². The first kappa shape index (κ1) is 15.2. The molecule has 128 valence electrons. The molecule has 1 aliphatic rings. The SMILES string of the molecule is c1ccc(-c2cn3cc(N4CCCC4)cc(-c4ccccc4)c3n2)cc1. The summed E-state index contributed by atoms with van der Waals surface area (Å²) in [6.45, 7) is 2.28. The second-order valence-electron chi connectivity index (χ2n) is 6.90. The highest BCUT2D eigenvalue weighted by Crippen LogP contribution is 2.32. The van der Waals surface area contributed by atoms with Gasteiger partial charge in [0.2, 0.25) is 0 Å². The van der Waals surface area contributed by atoms with Crippen molar-refractivity contribution in [3.63, 3.8) is 0 Å². The topological polar surface area (TPSA) is 20.5 Å². The highest BCUT2D eigenvalue weighted by molar-refractivity contribution is 5.82. The van der Waals surface area contributed by atoms with Crippen LogP contribution in [0.2, 0.25) is 0 Å². The van der Waals surface area contributed by atoms with Gasteiger partial charge < -0.3 is 9.30 Å². The predicted octanol–water partition coefficient (Wildman–Crippen LogP) is 5.27. The lowest BCUT2D eigenvalue weighted by atomic mass is 10.1. The highest BCUT2D eigenvalue weighted by Gasteiger charge is 2.17. The zero-order valence-electron chi connectivity index (χ0n) is 14.7. The largest absolute Gasteiger partial charge is 0.370 e. The lowest BCUT2D eigenvalue weighted by Gasteiger charge is -2.19. The maximum absolute atomic E-state index is 4.97. The van der Waals surface area contributed by atoms with Crippen LogP contribution in [0, 0.1) is 0 Å². The van der Waals surface area contributed by atoms with E-state index < -0.39 is 0 Å². The van der Waals surface area contributed by atoms with E-state index in [0.29, 0.717) is 0 Å². The highest BCUT2D eigenvalue weighted by atomic mass is 15.2. The Kier molecular flexibility index (Phi) is 3.71. The molecule has 4 aromatic rings. The molecule has 2 aromatic heterocycles. The van der Waals surface area contributed by atoms with Gasteiger partial charge >= 0.3 is 0 Å². The van der Waals surface area contributed by atoms with E-state index in [1.165, 1.54) is 29.7 Å². The van der Waals surface area contributed by atoms with E-state index in [-0.39, 0.29) is 0 Å². The maximum Gasteiger partial charge on any atom is 0.145 e. The van der Waals surface area contributed by atoms with Crippen molar-refractivity contribution in [1.82, 2.24) is 9.38 Å². The summed E-state index contributed by atoms with van der Waals surface area (Å²) >= 11 is 0. The number of rotatable bonds is 3. The summed E-state index contributed by atoms with van der Waals surface area (Å²) in [7, 11) is 0. The lowest BCUT2D eigenvalue weighted by molar-refractivity contribution is 0.949. The third kappa shape index (κ3) is 2.66. The van der Waals surface area contributed by atoms with Gasteiger partial charge in [0.05, 0.1) is 11.4 Å². The summed E-state index contributed by atoms with van der Waals surface area (Å²) in [5.41, 5.74) is 6.86. The Balaban J connectivity index is 1.72. The number of hydrogen-bond acceptors (Lipinski definition) is 2. The van der Waals surface area contributed by atoms with E-state index in [0.717, 1.165) is 30.0 Å². The van der Waals surface area contributed by atoms with E-state index in [4.69, 9.17) is 4.98 Å². The van der Waals surface area contributed by atoms with Crippen LogP contribution in [0.4, 0.5) is 5.69 Å². The average molecular weight is 339 g/mol. The van der Waals surface area contributed by atoms with Crippen molar-refractivity contribution < 1.29 is 0 Å². The van der Waals surface area contributed by atoms with Gasteiger partial charge in [-0.25, -0.2) is 4.98 Å². The van der Waals surface area contributed by atoms with Crippen LogP contribution < -0.4 is 4.90 Å². The van der Waals surface area contributed by atoms with Crippen LogP contribution in [0.15, 0.2) is 79.1 Å². The molecule has 0 radical (unpaired) electrons. The molecule has 0 aliphatic carbocycles. The molecule has 1 saturated heterocycles. The van der Waals surface area contributed by atoms with Crippen molar-refractivity contribution in [2.45, 2.75) is 12.8 Å². The molecule has 3 heterocycles. The Morgan fingerprint density at radius 1 is 0.731 bits per heavy atom. The molecule has 0 unspecified atom stereocenters. The minimum Gasteiger partial charge on any atom is -0.370 e. The summed E-state index contributed by atoms with van der Waals surface area (Å²) in [4.78, 5) is 7.45. The normalized spacial score (nSPS) is 14.2. The summed E-state index contributed by atoms with van der Waals surface area (Å²) in [6.07, 6.45) is 6.93. The average Bonchev–Trinajstić information content (AvgIpc) is 3.38. The van der Waals surface area contributed by atoms with Gasteiger partial charge in [0.15, 0.2) is 0 Å². The molecule has 1 fully saturated rings. The standard InChI is InChI=1S/C23H21N3/c1-3-9-18(10-4-1)21-15-20(25-13-7-8-14-25)16-26-17-22(24-23(21)26)19-11-5-2-6-12-19/h1-6,9-12,15-17H,7-8,13-14H2. The molecular weight excluding hydrogens is 318 g/mol. The Bertz CT molecular complexity index is 1030. The van der Waals surface area contributed by atoms with Crippen molar-refractivity contribution in [2.75, 3.05) is 18.0 Å². The smallest absolute Gasteiger partial charge is 0.145 e.